The van der Waals surface area contributed by atoms with Crippen LogP contribution < -0.4 is 14.2 Å². The number of hydrogen-bond acceptors (Lipinski definition) is 10. The van der Waals surface area contributed by atoms with Crippen molar-refractivity contribution in [3.05, 3.63) is 47.3 Å². The number of ether oxygens (including phenoxy) is 4. The zero-order valence-corrected chi connectivity index (χ0v) is 23.1. The van der Waals surface area contributed by atoms with E-state index < -0.39 is 21.4 Å². The van der Waals surface area contributed by atoms with Crippen LogP contribution in [0.15, 0.2) is 30.6 Å². The lowest BCUT2D eigenvalue weighted by Crippen LogP contribution is -2.33. The van der Waals surface area contributed by atoms with Crippen LogP contribution in [-0.2, 0) is 25.9 Å². The Hall–Kier alpha value is -3.00. The van der Waals surface area contributed by atoms with Gasteiger partial charge in [-0.2, -0.15) is 0 Å². The van der Waals surface area contributed by atoms with Crippen LogP contribution in [0.5, 0.6) is 11.5 Å². The van der Waals surface area contributed by atoms with Crippen molar-refractivity contribution in [2.75, 3.05) is 32.7 Å². The smallest absolute Gasteiger partial charge is 0.243 e. The quantitative estimate of drug-likeness (QED) is 0.335. The molecule has 14 heteroatoms. The number of benzene rings is 1. The van der Waals surface area contributed by atoms with Crippen molar-refractivity contribution in [3.8, 4) is 17.2 Å². The maximum atomic E-state index is 13.5. The topological polar surface area (TPSA) is 140 Å². The van der Waals surface area contributed by atoms with E-state index in [0.29, 0.717) is 41.1 Å². The first kappa shape index (κ1) is 28.6. The van der Waals surface area contributed by atoms with Crippen LogP contribution in [0.4, 0.5) is 5.95 Å². The largest absolute Gasteiger partial charge is 0.494 e. The molecular weight excluding hydrogens is 524 g/mol. The van der Waals surface area contributed by atoms with Gasteiger partial charge in [0.15, 0.2) is 5.82 Å². The average Bonchev–Trinajstić information content (AvgIpc) is 3.25. The maximum Gasteiger partial charge on any atom is 0.243 e. The summed E-state index contributed by atoms with van der Waals surface area (Å²) in [5.41, 5.74) is 0.437. The van der Waals surface area contributed by atoms with Gasteiger partial charge in [-0.3, -0.25) is 9.29 Å². The minimum atomic E-state index is -4.10. The van der Waals surface area contributed by atoms with Gasteiger partial charge in [-0.15, -0.1) is 10.2 Å². The molecule has 2 aromatic heterocycles. The molecule has 3 aromatic rings. The highest BCUT2D eigenvalue weighted by Crippen LogP contribution is 2.36. The number of nitrogens with zero attached hydrogens (tertiary/aromatic N) is 5. The summed E-state index contributed by atoms with van der Waals surface area (Å²) < 4.78 is 53.3. The van der Waals surface area contributed by atoms with Crippen LogP contribution in [-0.4, -0.2) is 72.4 Å². The summed E-state index contributed by atoms with van der Waals surface area (Å²) in [6, 6.07) is 5.21. The van der Waals surface area contributed by atoms with Gasteiger partial charge in [-0.1, -0.05) is 17.7 Å². The fourth-order valence-electron chi connectivity index (χ4n) is 3.58. The Morgan fingerprint density at radius 1 is 1.03 bits per heavy atom. The van der Waals surface area contributed by atoms with E-state index in [0.717, 1.165) is 0 Å². The van der Waals surface area contributed by atoms with E-state index in [9.17, 15) is 8.42 Å². The molecule has 0 saturated heterocycles. The molecule has 3 rings (SSSR count). The van der Waals surface area contributed by atoms with Crippen LogP contribution >= 0.6 is 11.6 Å². The predicted molar refractivity (Wildman–Crippen MR) is 138 cm³/mol. The molecule has 0 aliphatic heterocycles. The molecule has 0 aliphatic rings. The van der Waals surface area contributed by atoms with Gasteiger partial charge in [-0.05, 0) is 32.9 Å². The monoisotopic (exact) mass is 554 g/mol. The first-order chi connectivity index (χ1) is 17.6. The molecule has 1 N–H and O–H groups in total. The molecule has 202 valence electrons. The molecule has 0 fully saturated rings. The molecule has 12 nitrogen and oxygen atoms in total. The van der Waals surface area contributed by atoms with E-state index >= 15 is 0 Å². The molecule has 2 atom stereocenters. The Bertz CT molecular complexity index is 1260. The van der Waals surface area contributed by atoms with E-state index in [1.165, 1.54) is 40.6 Å². The standard InChI is InChI=1S/C23H31ClN6O6S/c1-14(2)36-11-10-19-27-28-23(30(19)20-17(33-4)8-7-9-18(20)34-5)29-37(31,32)15(3)21(35-6)22-25-12-16(24)13-26-22/h7-9,12-15,21H,10-11H2,1-6H3,(H,28,29)/t15-,21-/m0/s1. The van der Waals surface area contributed by atoms with Crippen molar-refractivity contribution in [3.63, 3.8) is 0 Å². The average molecular weight is 555 g/mol. The second kappa shape index (κ2) is 12.5. The summed E-state index contributed by atoms with van der Waals surface area (Å²) in [5, 5.41) is 7.59. The third kappa shape index (κ3) is 6.66. The van der Waals surface area contributed by atoms with Gasteiger partial charge in [0.2, 0.25) is 16.0 Å². The van der Waals surface area contributed by atoms with E-state index in [2.05, 4.69) is 24.9 Å². The van der Waals surface area contributed by atoms with Crippen LogP contribution in [0.1, 0.15) is 38.5 Å². The predicted octanol–water partition coefficient (Wildman–Crippen LogP) is 3.21. The normalized spacial score (nSPS) is 13.4. The Morgan fingerprint density at radius 3 is 2.19 bits per heavy atom. The van der Waals surface area contributed by atoms with Gasteiger partial charge in [0.25, 0.3) is 0 Å². The van der Waals surface area contributed by atoms with Gasteiger partial charge < -0.3 is 18.9 Å². The number of anilines is 1. The highest BCUT2D eigenvalue weighted by Gasteiger charge is 2.35. The van der Waals surface area contributed by atoms with Crippen LogP contribution in [0.3, 0.4) is 0 Å². The molecule has 0 spiro atoms. The van der Waals surface area contributed by atoms with Crippen LogP contribution in [0, 0.1) is 0 Å². The summed E-state index contributed by atoms with van der Waals surface area (Å²) >= 11 is 5.87. The third-order valence-electron chi connectivity index (χ3n) is 5.43. The minimum absolute atomic E-state index is 0.0112. The van der Waals surface area contributed by atoms with E-state index in [1.54, 1.807) is 22.8 Å². The van der Waals surface area contributed by atoms with E-state index in [4.69, 9.17) is 30.5 Å². The third-order valence-corrected chi connectivity index (χ3v) is 7.32. The molecule has 37 heavy (non-hydrogen) atoms. The highest BCUT2D eigenvalue weighted by atomic mass is 35.5. The number of para-hydroxylation sites is 1. The number of aromatic nitrogens is 5. The number of methoxy groups -OCH3 is 3. The fraction of sp³-hybridized carbons (Fsp3) is 0.478. The molecule has 2 heterocycles. The number of sulfonamides is 1. The van der Waals surface area contributed by atoms with Gasteiger partial charge in [0.05, 0.1) is 32.0 Å². The summed E-state index contributed by atoms with van der Waals surface area (Å²) in [7, 11) is 0.292. The van der Waals surface area contributed by atoms with Crippen molar-refractivity contribution < 1.29 is 27.4 Å². The van der Waals surface area contributed by atoms with Gasteiger partial charge >= 0.3 is 0 Å². The fourth-order valence-corrected chi connectivity index (χ4v) is 4.80. The second-order valence-electron chi connectivity index (χ2n) is 8.22. The maximum absolute atomic E-state index is 13.5. The van der Waals surface area contributed by atoms with Gasteiger partial charge in [0, 0.05) is 25.9 Å². The van der Waals surface area contributed by atoms with Crippen molar-refractivity contribution in [2.24, 2.45) is 0 Å². The van der Waals surface area contributed by atoms with Gasteiger partial charge in [-0.25, -0.2) is 18.4 Å². The Balaban J connectivity index is 2.04. The van der Waals surface area contributed by atoms with Crippen molar-refractivity contribution in [1.29, 1.82) is 0 Å². The van der Waals surface area contributed by atoms with Gasteiger partial charge in [0.1, 0.15) is 34.4 Å². The first-order valence-electron chi connectivity index (χ1n) is 11.4. The number of rotatable bonds is 13. The Labute approximate surface area is 221 Å². The summed E-state index contributed by atoms with van der Waals surface area (Å²) in [6.45, 7) is 5.67. The van der Waals surface area contributed by atoms with Crippen LogP contribution in [0.2, 0.25) is 5.02 Å². The lowest BCUT2D eigenvalue weighted by Gasteiger charge is -2.23. The molecule has 0 radical (unpaired) electrons. The minimum Gasteiger partial charge on any atom is -0.494 e. The molecule has 0 saturated carbocycles. The van der Waals surface area contributed by atoms with Crippen molar-refractivity contribution >= 4 is 27.6 Å². The first-order valence-corrected chi connectivity index (χ1v) is 13.3. The summed E-state index contributed by atoms with van der Waals surface area (Å²) in [4.78, 5) is 8.23. The number of nitrogens with one attached hydrogen (secondary N) is 1. The molecule has 0 amide bonds. The van der Waals surface area contributed by atoms with Crippen molar-refractivity contribution in [1.82, 2.24) is 24.7 Å². The summed E-state index contributed by atoms with van der Waals surface area (Å²) in [5.74, 6) is 1.43. The Kier molecular flexibility index (Phi) is 9.65. The Morgan fingerprint density at radius 2 is 1.65 bits per heavy atom. The molecule has 0 unspecified atom stereocenters. The molecule has 1 aromatic carbocycles. The number of halogens is 1. The van der Waals surface area contributed by atoms with Crippen molar-refractivity contribution in [2.45, 2.75) is 44.6 Å². The number of hydrogen-bond donors (Lipinski definition) is 1. The summed E-state index contributed by atoms with van der Waals surface area (Å²) in [6.07, 6.45) is 2.13. The van der Waals surface area contributed by atoms with E-state index in [1.807, 2.05) is 13.8 Å². The molecule has 0 aliphatic carbocycles. The van der Waals surface area contributed by atoms with E-state index in [-0.39, 0.29) is 17.9 Å². The highest BCUT2D eigenvalue weighted by molar-refractivity contribution is 7.93. The molecule has 0 bridgehead atoms. The lowest BCUT2D eigenvalue weighted by atomic mass is 10.2. The zero-order valence-electron chi connectivity index (χ0n) is 21.5. The second-order valence-corrected chi connectivity index (χ2v) is 10.7. The van der Waals surface area contributed by atoms with Crippen LogP contribution in [0.25, 0.3) is 5.69 Å². The SMILES string of the molecule is COc1cccc(OC)c1-n1c(CCOC(C)C)nnc1NS(=O)(=O)[C@@H](C)[C@H](OC)c1ncc(Cl)cn1. The lowest BCUT2D eigenvalue weighted by molar-refractivity contribution is 0.0802. The zero-order chi connectivity index (χ0) is 27.2. The molecular formula is C23H31ClN6O6S.